The summed E-state index contributed by atoms with van der Waals surface area (Å²) in [5, 5.41) is 10.2. The Morgan fingerprint density at radius 3 is 2.90 bits per heavy atom. The summed E-state index contributed by atoms with van der Waals surface area (Å²) in [5.41, 5.74) is 0.966. The van der Waals surface area contributed by atoms with E-state index in [9.17, 15) is 9.90 Å². The van der Waals surface area contributed by atoms with E-state index in [1.807, 2.05) is 30.3 Å². The van der Waals surface area contributed by atoms with Gasteiger partial charge in [-0.25, -0.2) is 4.79 Å². The summed E-state index contributed by atoms with van der Waals surface area (Å²) in [4.78, 5) is 13.9. The van der Waals surface area contributed by atoms with E-state index in [1.54, 1.807) is 4.90 Å². The Morgan fingerprint density at radius 2 is 2.19 bits per heavy atom. The van der Waals surface area contributed by atoms with E-state index in [2.05, 4.69) is 0 Å². The minimum Gasteiger partial charge on any atom is -0.445 e. The number of ether oxygens (including phenoxy) is 2. The lowest BCUT2D eigenvalue weighted by molar-refractivity contribution is 0.0414. The molecule has 21 heavy (non-hydrogen) atoms. The fourth-order valence-electron chi connectivity index (χ4n) is 2.85. The van der Waals surface area contributed by atoms with Gasteiger partial charge in [0.15, 0.2) is 0 Å². The van der Waals surface area contributed by atoms with Crippen molar-refractivity contribution in [3.63, 3.8) is 0 Å². The molecule has 1 N–H and O–H groups in total. The van der Waals surface area contributed by atoms with Gasteiger partial charge in [-0.15, -0.1) is 0 Å². The lowest BCUT2D eigenvalue weighted by Crippen LogP contribution is -2.43. The van der Waals surface area contributed by atoms with Gasteiger partial charge in [-0.2, -0.15) is 0 Å². The zero-order chi connectivity index (χ0) is 14.7. The van der Waals surface area contributed by atoms with E-state index >= 15 is 0 Å². The van der Waals surface area contributed by atoms with Gasteiger partial charge in [0.2, 0.25) is 0 Å². The fraction of sp³-hybridized carbons (Fsp3) is 0.562. The number of nitrogens with zero attached hydrogens (tertiary/aromatic N) is 1. The van der Waals surface area contributed by atoms with Crippen molar-refractivity contribution in [3.8, 4) is 0 Å². The monoisotopic (exact) mass is 291 g/mol. The van der Waals surface area contributed by atoms with E-state index in [-0.39, 0.29) is 24.8 Å². The Kier molecular flexibility index (Phi) is 4.41. The Hall–Kier alpha value is -1.59. The van der Waals surface area contributed by atoms with Crippen LogP contribution >= 0.6 is 0 Å². The van der Waals surface area contributed by atoms with Gasteiger partial charge in [0.25, 0.3) is 0 Å². The maximum atomic E-state index is 12.2. The number of hydrogen-bond acceptors (Lipinski definition) is 4. The summed E-state index contributed by atoms with van der Waals surface area (Å²) in [7, 11) is 0. The summed E-state index contributed by atoms with van der Waals surface area (Å²) in [6.45, 7) is 1.65. The van der Waals surface area contributed by atoms with Crippen LogP contribution < -0.4 is 0 Å². The highest BCUT2D eigenvalue weighted by Crippen LogP contribution is 2.26. The number of amides is 1. The molecule has 2 aliphatic heterocycles. The van der Waals surface area contributed by atoms with Crippen LogP contribution in [-0.2, 0) is 16.1 Å². The largest absolute Gasteiger partial charge is 0.445 e. The van der Waals surface area contributed by atoms with E-state index in [0.29, 0.717) is 13.0 Å². The minimum atomic E-state index is -0.524. The van der Waals surface area contributed by atoms with Crippen LogP contribution in [-0.4, -0.2) is 47.5 Å². The Labute approximate surface area is 124 Å². The number of hydrogen-bond donors (Lipinski definition) is 1. The van der Waals surface area contributed by atoms with E-state index in [0.717, 1.165) is 25.0 Å². The average Bonchev–Trinajstić information content (AvgIpc) is 3.18. The third-order valence-electron chi connectivity index (χ3n) is 4.09. The van der Waals surface area contributed by atoms with Crippen LogP contribution in [0.1, 0.15) is 24.8 Å². The second kappa shape index (κ2) is 6.45. The first kappa shape index (κ1) is 14.4. The molecule has 1 aromatic rings. The molecule has 1 amide bonds. The predicted molar refractivity (Wildman–Crippen MR) is 76.7 cm³/mol. The smallest absolute Gasteiger partial charge is 0.410 e. The number of benzene rings is 1. The number of rotatable bonds is 5. The average molecular weight is 291 g/mol. The van der Waals surface area contributed by atoms with Crippen molar-refractivity contribution in [2.75, 3.05) is 13.2 Å². The zero-order valence-electron chi connectivity index (χ0n) is 12.0. The molecule has 0 aromatic heterocycles. The van der Waals surface area contributed by atoms with E-state index in [1.165, 1.54) is 0 Å². The first-order valence-corrected chi connectivity index (χ1v) is 7.51. The highest BCUT2D eigenvalue weighted by Gasteiger charge is 2.38. The second-order valence-corrected chi connectivity index (χ2v) is 5.70. The highest BCUT2D eigenvalue weighted by atomic mass is 16.6. The molecule has 0 saturated carbocycles. The normalized spacial score (nSPS) is 25.7. The van der Waals surface area contributed by atoms with Gasteiger partial charge in [-0.1, -0.05) is 30.3 Å². The number of likely N-dealkylation sites (tertiary alicyclic amines) is 1. The molecule has 3 rings (SSSR count). The van der Waals surface area contributed by atoms with Gasteiger partial charge in [-0.3, -0.25) is 0 Å². The molecule has 114 valence electrons. The quantitative estimate of drug-likeness (QED) is 0.842. The van der Waals surface area contributed by atoms with Crippen molar-refractivity contribution in [2.45, 2.75) is 44.1 Å². The second-order valence-electron chi connectivity index (χ2n) is 5.70. The summed E-state index contributed by atoms with van der Waals surface area (Å²) in [6.07, 6.45) is 1.65. The van der Waals surface area contributed by atoms with E-state index < -0.39 is 6.10 Å². The van der Waals surface area contributed by atoms with Gasteiger partial charge < -0.3 is 19.5 Å². The molecule has 1 unspecified atom stereocenters. The molecule has 2 heterocycles. The Morgan fingerprint density at radius 1 is 1.43 bits per heavy atom. The molecule has 0 spiro atoms. The van der Waals surface area contributed by atoms with E-state index in [4.69, 9.17) is 9.47 Å². The summed E-state index contributed by atoms with van der Waals surface area (Å²) >= 11 is 0. The highest BCUT2D eigenvalue weighted by molar-refractivity contribution is 5.68. The topological polar surface area (TPSA) is 62.3 Å². The van der Waals surface area contributed by atoms with Gasteiger partial charge in [0.1, 0.15) is 6.61 Å². The third kappa shape index (κ3) is 3.74. The first-order chi connectivity index (χ1) is 10.2. The predicted octanol–water partition coefficient (Wildman–Crippen LogP) is 1.94. The van der Waals surface area contributed by atoms with Crippen molar-refractivity contribution in [2.24, 2.45) is 0 Å². The van der Waals surface area contributed by atoms with Crippen LogP contribution in [0.4, 0.5) is 4.79 Å². The molecule has 2 fully saturated rings. The van der Waals surface area contributed by atoms with Crippen molar-refractivity contribution < 1.29 is 19.4 Å². The molecular formula is C16H21NO4. The number of carbonyl (C=O) groups excluding carboxylic acids is 1. The maximum Gasteiger partial charge on any atom is 0.410 e. The molecule has 1 aromatic carbocycles. The molecule has 0 aliphatic carbocycles. The van der Waals surface area contributed by atoms with Crippen molar-refractivity contribution in [1.29, 1.82) is 0 Å². The molecule has 3 atom stereocenters. The van der Waals surface area contributed by atoms with Crippen LogP contribution in [0.3, 0.4) is 0 Å². The first-order valence-electron chi connectivity index (χ1n) is 7.51. The number of aliphatic hydroxyl groups excluding tert-OH is 1. The minimum absolute atomic E-state index is 0.141. The lowest BCUT2D eigenvalue weighted by Gasteiger charge is -2.27. The van der Waals surface area contributed by atoms with Gasteiger partial charge in [0, 0.05) is 13.0 Å². The van der Waals surface area contributed by atoms with Crippen LogP contribution in [0.2, 0.25) is 0 Å². The molecular weight excluding hydrogens is 270 g/mol. The van der Waals surface area contributed by atoms with Crippen molar-refractivity contribution in [3.05, 3.63) is 35.9 Å². The summed E-state index contributed by atoms with van der Waals surface area (Å²) in [5.74, 6) is 0. The standard InChI is InChI=1S/C16H21NO4/c18-15(9-13-11-20-13)14-7-4-8-17(14)16(19)21-10-12-5-2-1-3-6-12/h1-3,5-6,13-15,18H,4,7-11H2/t13?,14-,15+/m1/s1. The molecule has 2 saturated heterocycles. The summed E-state index contributed by atoms with van der Waals surface area (Å²) < 4.78 is 10.5. The van der Waals surface area contributed by atoms with Crippen LogP contribution in [0, 0.1) is 0 Å². The van der Waals surface area contributed by atoms with Gasteiger partial charge in [0.05, 0.1) is 24.9 Å². The number of epoxide rings is 1. The van der Waals surface area contributed by atoms with Gasteiger partial charge >= 0.3 is 6.09 Å². The van der Waals surface area contributed by atoms with Crippen molar-refractivity contribution >= 4 is 6.09 Å². The zero-order valence-corrected chi connectivity index (χ0v) is 12.0. The SMILES string of the molecule is O=C(OCc1ccccc1)N1CCC[C@@H]1[C@@H](O)CC1CO1. The molecule has 0 bridgehead atoms. The molecule has 5 heteroatoms. The molecule has 2 aliphatic rings. The summed E-state index contributed by atoms with van der Waals surface area (Å²) in [6, 6.07) is 9.47. The Bertz CT molecular complexity index is 474. The van der Waals surface area contributed by atoms with Crippen LogP contribution in [0.5, 0.6) is 0 Å². The Balaban J connectivity index is 1.52. The number of carbonyl (C=O) groups is 1. The van der Waals surface area contributed by atoms with Crippen LogP contribution in [0.15, 0.2) is 30.3 Å². The maximum absolute atomic E-state index is 12.2. The third-order valence-corrected chi connectivity index (χ3v) is 4.09. The van der Waals surface area contributed by atoms with Gasteiger partial charge in [-0.05, 0) is 18.4 Å². The van der Waals surface area contributed by atoms with Crippen molar-refractivity contribution in [1.82, 2.24) is 4.90 Å². The molecule has 0 radical (unpaired) electrons. The van der Waals surface area contributed by atoms with Crippen LogP contribution in [0.25, 0.3) is 0 Å². The number of aliphatic hydroxyl groups is 1. The lowest BCUT2D eigenvalue weighted by atomic mass is 10.0. The fourth-order valence-corrected chi connectivity index (χ4v) is 2.85. The molecule has 5 nitrogen and oxygen atoms in total.